The Hall–Kier alpha value is -4.47. The van der Waals surface area contributed by atoms with E-state index in [9.17, 15) is 0 Å². The van der Waals surface area contributed by atoms with Crippen LogP contribution in [0.2, 0.25) is 78.6 Å². The molecule has 0 amide bonds. The van der Waals surface area contributed by atoms with Crippen molar-refractivity contribution in [1.82, 2.24) is 0 Å². The molecule has 298 valence electrons. The fourth-order valence-electron chi connectivity index (χ4n) is 8.24. The maximum absolute atomic E-state index is 2.45. The molecule has 0 aliphatic rings. The Morgan fingerprint density at radius 2 is 0.466 bits per heavy atom. The summed E-state index contributed by atoms with van der Waals surface area (Å²) >= 11 is 0. The number of fused-ring (bicyclic) bond motifs is 2. The highest BCUT2D eigenvalue weighted by Gasteiger charge is 2.23. The van der Waals surface area contributed by atoms with Gasteiger partial charge < -0.3 is 9.80 Å². The molecule has 2 nitrogen and oxygen atoms in total. The van der Waals surface area contributed by atoms with E-state index in [1.54, 1.807) is 0 Å². The molecule has 0 aliphatic carbocycles. The second-order valence-corrected chi connectivity index (χ2v) is 40.9. The predicted molar refractivity (Wildman–Crippen MR) is 272 cm³/mol. The first kappa shape index (κ1) is 41.7. The largest absolute Gasteiger partial charge is 0.310 e. The van der Waals surface area contributed by atoms with Crippen LogP contribution in [0.15, 0.2) is 133 Å². The zero-order valence-electron chi connectivity index (χ0n) is 37.6. The molecule has 0 saturated heterocycles. The molecule has 0 spiro atoms. The lowest BCUT2D eigenvalue weighted by Gasteiger charge is -2.29. The third-order valence-electron chi connectivity index (χ3n) is 12.1. The maximum atomic E-state index is 2.45. The fourth-order valence-corrected chi connectivity index (χ4v) is 12.9. The van der Waals surface area contributed by atoms with Gasteiger partial charge >= 0.3 is 0 Å². The number of anilines is 6. The van der Waals surface area contributed by atoms with E-state index < -0.39 is 32.3 Å². The standard InChI is InChI=1S/C52H64N2Si4/c1-37-49-33-23-44(54(41-19-29-47(30-20-41)57(9,10)11)42-21-31-48(32-22-42)58(12,13)14)36-52(49)38(2)50-34-24-43(35-51(37)50)53(39-15-25-45(26-16-39)55(3,4)5)40-17-27-46(28-18-40)56(6,7)8/h15-36H,1-14H3. The molecule has 7 aromatic rings. The number of hydrogen-bond acceptors (Lipinski definition) is 2. The Morgan fingerprint density at radius 3 is 0.672 bits per heavy atom. The predicted octanol–water partition coefficient (Wildman–Crippen LogP) is 13.7. The summed E-state index contributed by atoms with van der Waals surface area (Å²) in [7, 11) is -5.75. The van der Waals surface area contributed by atoms with Crippen LogP contribution >= 0.6 is 0 Å². The second-order valence-electron chi connectivity index (χ2n) is 20.6. The second kappa shape index (κ2) is 15.3. The molecule has 58 heavy (non-hydrogen) atoms. The van der Waals surface area contributed by atoms with Crippen LogP contribution in [0.3, 0.4) is 0 Å². The van der Waals surface area contributed by atoms with Gasteiger partial charge in [0.15, 0.2) is 0 Å². The van der Waals surface area contributed by atoms with Crippen LogP contribution in [0.1, 0.15) is 11.1 Å². The van der Waals surface area contributed by atoms with E-state index in [0.717, 1.165) is 0 Å². The average Bonchev–Trinajstić information content (AvgIpc) is 3.16. The lowest BCUT2D eigenvalue weighted by atomic mass is 9.92. The maximum Gasteiger partial charge on any atom is 0.0775 e. The SMILES string of the molecule is Cc1c2ccc(N(c3ccc([Si](C)(C)C)cc3)c3ccc([Si](C)(C)C)cc3)cc2c(C)c2ccc(N(c3ccc([Si](C)(C)C)cc3)c3ccc([Si](C)(C)C)cc3)cc12. The van der Waals surface area contributed by atoms with Gasteiger partial charge in [0.2, 0.25) is 0 Å². The van der Waals surface area contributed by atoms with Gasteiger partial charge in [-0.05, 0) is 119 Å². The molecule has 0 N–H and O–H groups in total. The quantitative estimate of drug-likeness (QED) is 0.100. The highest BCUT2D eigenvalue weighted by Crippen LogP contribution is 2.42. The van der Waals surface area contributed by atoms with Crippen molar-refractivity contribution >= 4 is 109 Å². The van der Waals surface area contributed by atoms with Crippen molar-refractivity contribution in [2.45, 2.75) is 92.4 Å². The van der Waals surface area contributed by atoms with Crippen molar-refractivity contribution in [2.75, 3.05) is 9.80 Å². The minimum Gasteiger partial charge on any atom is -0.310 e. The van der Waals surface area contributed by atoms with Gasteiger partial charge in [-0.3, -0.25) is 0 Å². The van der Waals surface area contributed by atoms with E-state index in [-0.39, 0.29) is 0 Å². The summed E-state index contributed by atoms with van der Waals surface area (Å²) in [4.78, 5) is 4.89. The lowest BCUT2D eigenvalue weighted by molar-refractivity contribution is 1.29. The van der Waals surface area contributed by atoms with Gasteiger partial charge in [-0.25, -0.2) is 0 Å². The summed E-state index contributed by atoms with van der Waals surface area (Å²) in [6, 6.07) is 51.7. The average molecular weight is 829 g/mol. The molecular formula is C52H64N2Si4. The van der Waals surface area contributed by atoms with Crippen molar-refractivity contribution in [2.24, 2.45) is 0 Å². The molecule has 0 fully saturated rings. The first-order chi connectivity index (χ1) is 27.1. The number of benzene rings is 7. The molecule has 0 aliphatic heterocycles. The van der Waals surface area contributed by atoms with Crippen molar-refractivity contribution in [3.05, 3.63) is 145 Å². The first-order valence-corrected chi connectivity index (χ1v) is 35.1. The summed E-state index contributed by atoms with van der Waals surface area (Å²) < 4.78 is 0. The van der Waals surface area contributed by atoms with E-state index >= 15 is 0 Å². The summed E-state index contributed by atoms with van der Waals surface area (Å²) in [5.74, 6) is 0. The molecule has 0 radical (unpaired) electrons. The van der Waals surface area contributed by atoms with Gasteiger partial charge in [-0.15, -0.1) is 0 Å². The zero-order chi connectivity index (χ0) is 41.9. The highest BCUT2D eigenvalue weighted by molar-refractivity contribution is 6.90. The number of aryl methyl sites for hydroxylation is 2. The molecule has 7 rings (SSSR count). The molecule has 0 heterocycles. The van der Waals surface area contributed by atoms with E-state index in [0.29, 0.717) is 0 Å². The normalized spacial score (nSPS) is 12.7. The Balaban J connectivity index is 1.36. The fraction of sp³-hybridized carbons (Fsp3) is 0.269. The van der Waals surface area contributed by atoms with Crippen LogP contribution in [0.5, 0.6) is 0 Å². The zero-order valence-corrected chi connectivity index (χ0v) is 41.6. The van der Waals surface area contributed by atoms with Crippen LogP contribution < -0.4 is 30.5 Å². The summed E-state index contributed by atoms with van der Waals surface area (Å²) in [5.41, 5.74) is 9.77. The van der Waals surface area contributed by atoms with E-state index in [1.807, 2.05) is 0 Å². The van der Waals surface area contributed by atoms with E-state index in [2.05, 4.69) is 236 Å². The van der Waals surface area contributed by atoms with Crippen LogP contribution in [0.4, 0.5) is 34.1 Å². The Kier molecular flexibility index (Phi) is 11.0. The van der Waals surface area contributed by atoms with Gasteiger partial charge in [-0.1, -0.05) is 160 Å². The van der Waals surface area contributed by atoms with Gasteiger partial charge in [0, 0.05) is 34.1 Å². The number of hydrogen-bond donors (Lipinski definition) is 0. The van der Waals surface area contributed by atoms with Crippen LogP contribution in [-0.2, 0) is 0 Å². The Labute approximate surface area is 353 Å². The van der Waals surface area contributed by atoms with Crippen molar-refractivity contribution < 1.29 is 0 Å². The minimum atomic E-state index is -1.44. The van der Waals surface area contributed by atoms with Crippen molar-refractivity contribution in [3.63, 3.8) is 0 Å². The van der Waals surface area contributed by atoms with Crippen molar-refractivity contribution in [1.29, 1.82) is 0 Å². The van der Waals surface area contributed by atoms with Crippen molar-refractivity contribution in [3.8, 4) is 0 Å². The van der Waals surface area contributed by atoms with Gasteiger partial charge in [0.05, 0.1) is 32.3 Å². The third kappa shape index (κ3) is 8.35. The van der Waals surface area contributed by atoms with Crippen LogP contribution in [-0.4, -0.2) is 32.3 Å². The minimum absolute atomic E-state index is 1.18. The van der Waals surface area contributed by atoms with E-state index in [4.69, 9.17) is 0 Å². The number of rotatable bonds is 10. The molecule has 0 atom stereocenters. The molecule has 0 bridgehead atoms. The molecule has 7 aromatic carbocycles. The summed E-state index contributed by atoms with van der Waals surface area (Å²) in [6.07, 6.45) is 0. The smallest absolute Gasteiger partial charge is 0.0775 e. The van der Waals surface area contributed by atoms with Crippen LogP contribution in [0, 0.1) is 13.8 Å². The Morgan fingerprint density at radius 1 is 0.259 bits per heavy atom. The van der Waals surface area contributed by atoms with Gasteiger partial charge in [0.1, 0.15) is 0 Å². The third-order valence-corrected chi connectivity index (χ3v) is 20.4. The van der Waals surface area contributed by atoms with Gasteiger partial charge in [-0.2, -0.15) is 0 Å². The molecule has 0 unspecified atom stereocenters. The molecule has 0 aromatic heterocycles. The monoisotopic (exact) mass is 828 g/mol. The Bertz CT molecular complexity index is 2280. The molecule has 0 saturated carbocycles. The first-order valence-electron chi connectivity index (χ1n) is 21.1. The molecule has 6 heteroatoms. The van der Waals surface area contributed by atoms with Crippen LogP contribution in [0.25, 0.3) is 21.5 Å². The lowest BCUT2D eigenvalue weighted by Crippen LogP contribution is -2.37. The van der Waals surface area contributed by atoms with E-state index in [1.165, 1.54) is 87.5 Å². The topological polar surface area (TPSA) is 6.48 Å². The van der Waals surface area contributed by atoms with Gasteiger partial charge in [0.25, 0.3) is 0 Å². The summed E-state index contributed by atoms with van der Waals surface area (Å²) in [5, 5.41) is 11.1. The summed E-state index contributed by atoms with van der Waals surface area (Å²) in [6.45, 7) is 33.7. The number of nitrogens with zero attached hydrogens (tertiary/aromatic N) is 2. The molecular weight excluding hydrogens is 765 g/mol. The highest BCUT2D eigenvalue weighted by atomic mass is 28.3.